The fraction of sp³-hybridized carbons (Fsp3) is 0.333. The maximum absolute atomic E-state index is 11.2. The van der Waals surface area contributed by atoms with E-state index in [1.807, 2.05) is 6.92 Å². The average Bonchev–Trinajstić information content (AvgIpc) is 2.01. The molecule has 3 nitrogen and oxygen atoms in total. The lowest BCUT2D eigenvalue weighted by molar-refractivity contribution is 0.402. The number of hydrogen-bond acceptors (Lipinski definition) is 3. The second-order valence-corrected chi connectivity index (χ2v) is 4.91. The Bertz CT molecular complexity index is 407. The van der Waals surface area contributed by atoms with Crippen molar-refractivity contribution in [1.29, 1.82) is 0 Å². The third kappa shape index (κ3) is 2.21. The van der Waals surface area contributed by atoms with E-state index in [9.17, 15) is 8.42 Å². The second-order valence-electron chi connectivity index (χ2n) is 2.93. The Morgan fingerprint density at radius 2 is 1.92 bits per heavy atom. The first-order chi connectivity index (χ1) is 5.95. The smallest absolute Gasteiger partial charge is 0.179 e. The minimum absolute atomic E-state index is 0.237. The molecule has 1 rings (SSSR count). The summed E-state index contributed by atoms with van der Waals surface area (Å²) >= 11 is 0. The quantitative estimate of drug-likeness (QED) is 0.725. The molecule has 1 aromatic rings. The van der Waals surface area contributed by atoms with E-state index in [1.165, 1.54) is 13.4 Å². The molecule has 1 aromatic carbocycles. The highest BCUT2D eigenvalue weighted by Crippen LogP contribution is 2.24. The van der Waals surface area contributed by atoms with Crippen LogP contribution in [0.1, 0.15) is 5.56 Å². The average molecular weight is 200 g/mol. The molecule has 13 heavy (non-hydrogen) atoms. The van der Waals surface area contributed by atoms with Crippen molar-refractivity contribution in [2.24, 2.45) is 0 Å². The molecule has 0 bridgehead atoms. The number of hydrogen-bond donors (Lipinski definition) is 0. The van der Waals surface area contributed by atoms with Gasteiger partial charge in [0.05, 0.1) is 7.11 Å². The van der Waals surface area contributed by atoms with Gasteiger partial charge < -0.3 is 4.74 Å². The zero-order valence-corrected chi connectivity index (χ0v) is 8.68. The standard InChI is InChI=1S/C9H12O3S/c1-7-4-5-9(13(3,10)11)8(6-7)12-2/h4-6H,1-3H3. The first-order valence-electron chi connectivity index (χ1n) is 3.80. The zero-order valence-electron chi connectivity index (χ0n) is 7.87. The lowest BCUT2D eigenvalue weighted by Gasteiger charge is -2.06. The predicted molar refractivity (Wildman–Crippen MR) is 50.8 cm³/mol. The molecule has 0 radical (unpaired) electrons. The lowest BCUT2D eigenvalue weighted by Crippen LogP contribution is -2.00. The molecule has 0 saturated carbocycles. The minimum atomic E-state index is -3.19. The van der Waals surface area contributed by atoms with Crippen molar-refractivity contribution in [1.82, 2.24) is 0 Å². The van der Waals surface area contributed by atoms with Crippen LogP contribution in [0.5, 0.6) is 5.75 Å². The van der Waals surface area contributed by atoms with Crippen LogP contribution in [0.3, 0.4) is 0 Å². The first kappa shape index (κ1) is 10.1. The first-order valence-corrected chi connectivity index (χ1v) is 5.69. The summed E-state index contributed by atoms with van der Waals surface area (Å²) in [5.74, 6) is 0.405. The van der Waals surface area contributed by atoms with Gasteiger partial charge in [-0.15, -0.1) is 0 Å². The van der Waals surface area contributed by atoms with Crippen LogP contribution in [-0.2, 0) is 9.84 Å². The minimum Gasteiger partial charge on any atom is -0.495 e. The Balaban J connectivity index is 3.39. The van der Waals surface area contributed by atoms with E-state index < -0.39 is 9.84 Å². The zero-order chi connectivity index (χ0) is 10.1. The largest absolute Gasteiger partial charge is 0.495 e. The van der Waals surface area contributed by atoms with Crippen LogP contribution >= 0.6 is 0 Å². The number of benzene rings is 1. The highest BCUT2D eigenvalue weighted by Gasteiger charge is 2.13. The third-order valence-corrected chi connectivity index (χ3v) is 2.85. The summed E-state index contributed by atoms with van der Waals surface area (Å²) in [5.41, 5.74) is 0.976. The van der Waals surface area contributed by atoms with Gasteiger partial charge in [-0.2, -0.15) is 0 Å². The van der Waals surface area contributed by atoms with Crippen LogP contribution in [0.25, 0.3) is 0 Å². The van der Waals surface area contributed by atoms with Gasteiger partial charge in [0.25, 0.3) is 0 Å². The molecule has 72 valence electrons. The van der Waals surface area contributed by atoms with Crippen molar-refractivity contribution in [2.45, 2.75) is 11.8 Å². The molecule has 0 atom stereocenters. The van der Waals surface area contributed by atoms with E-state index in [2.05, 4.69) is 0 Å². The molecule has 0 saturated heterocycles. The van der Waals surface area contributed by atoms with Crippen LogP contribution in [0.2, 0.25) is 0 Å². The summed E-state index contributed by atoms with van der Waals surface area (Å²) in [7, 11) is -1.73. The van der Waals surface area contributed by atoms with Crippen LogP contribution in [0, 0.1) is 6.92 Å². The number of rotatable bonds is 2. The number of ether oxygens (including phenoxy) is 1. The molecular formula is C9H12O3S. The van der Waals surface area contributed by atoms with E-state index in [4.69, 9.17) is 4.74 Å². The second kappa shape index (κ2) is 3.38. The van der Waals surface area contributed by atoms with Crippen molar-refractivity contribution in [3.05, 3.63) is 23.8 Å². The third-order valence-electron chi connectivity index (χ3n) is 1.72. The highest BCUT2D eigenvalue weighted by molar-refractivity contribution is 7.90. The van der Waals surface area contributed by atoms with Crippen LogP contribution in [0.4, 0.5) is 0 Å². The number of sulfone groups is 1. The molecule has 4 heteroatoms. The van der Waals surface area contributed by atoms with Gasteiger partial charge in [-0.1, -0.05) is 6.07 Å². The Hall–Kier alpha value is -1.03. The Morgan fingerprint density at radius 1 is 1.31 bits per heavy atom. The predicted octanol–water partition coefficient (Wildman–Crippen LogP) is 1.41. The van der Waals surface area contributed by atoms with Crippen molar-refractivity contribution in [2.75, 3.05) is 13.4 Å². The summed E-state index contributed by atoms with van der Waals surface area (Å²) in [6, 6.07) is 5.01. The molecule has 0 aliphatic heterocycles. The van der Waals surface area contributed by atoms with E-state index in [0.717, 1.165) is 5.56 Å². The Kier molecular flexibility index (Phi) is 2.61. The van der Waals surface area contributed by atoms with Gasteiger partial charge in [-0.05, 0) is 24.6 Å². The maximum atomic E-state index is 11.2. The van der Waals surface area contributed by atoms with Crippen molar-refractivity contribution >= 4 is 9.84 Å². The normalized spacial score (nSPS) is 11.3. The molecular weight excluding hydrogens is 188 g/mol. The molecule has 0 fully saturated rings. The summed E-state index contributed by atoms with van der Waals surface area (Å²) in [4.78, 5) is 0.237. The van der Waals surface area contributed by atoms with Crippen LogP contribution < -0.4 is 4.74 Å². The van der Waals surface area contributed by atoms with Gasteiger partial charge >= 0.3 is 0 Å². The summed E-state index contributed by atoms with van der Waals surface area (Å²) in [6.07, 6.45) is 1.17. The summed E-state index contributed by atoms with van der Waals surface area (Å²) < 4.78 is 27.5. The van der Waals surface area contributed by atoms with Gasteiger partial charge in [-0.25, -0.2) is 8.42 Å². The lowest BCUT2D eigenvalue weighted by atomic mass is 10.2. The summed E-state index contributed by atoms with van der Waals surface area (Å²) in [6.45, 7) is 1.88. The Labute approximate surface area is 78.3 Å². The fourth-order valence-electron chi connectivity index (χ4n) is 1.08. The molecule has 0 amide bonds. The molecule has 0 unspecified atom stereocenters. The van der Waals surface area contributed by atoms with Crippen molar-refractivity contribution in [3.8, 4) is 5.75 Å². The van der Waals surface area contributed by atoms with Gasteiger partial charge in [0.1, 0.15) is 10.6 Å². The van der Waals surface area contributed by atoms with Crippen molar-refractivity contribution in [3.63, 3.8) is 0 Å². The Morgan fingerprint density at radius 3 is 2.38 bits per heavy atom. The highest BCUT2D eigenvalue weighted by atomic mass is 32.2. The molecule has 0 aliphatic rings. The van der Waals surface area contributed by atoms with E-state index in [-0.39, 0.29) is 4.90 Å². The van der Waals surface area contributed by atoms with Gasteiger partial charge in [0.15, 0.2) is 9.84 Å². The van der Waals surface area contributed by atoms with Crippen LogP contribution in [-0.4, -0.2) is 21.8 Å². The summed E-state index contributed by atoms with van der Waals surface area (Å²) in [5, 5.41) is 0. The van der Waals surface area contributed by atoms with E-state index >= 15 is 0 Å². The molecule has 0 heterocycles. The molecule has 0 spiro atoms. The van der Waals surface area contributed by atoms with Gasteiger partial charge in [0.2, 0.25) is 0 Å². The van der Waals surface area contributed by atoms with Crippen molar-refractivity contribution < 1.29 is 13.2 Å². The topological polar surface area (TPSA) is 43.4 Å². The van der Waals surface area contributed by atoms with E-state index in [0.29, 0.717) is 5.75 Å². The van der Waals surface area contributed by atoms with E-state index in [1.54, 1.807) is 18.2 Å². The number of aryl methyl sites for hydroxylation is 1. The van der Waals surface area contributed by atoms with Gasteiger partial charge in [-0.3, -0.25) is 0 Å². The molecule has 0 aromatic heterocycles. The molecule has 0 N–H and O–H groups in total. The molecule has 0 aliphatic carbocycles. The number of methoxy groups -OCH3 is 1. The SMILES string of the molecule is COc1cc(C)ccc1S(C)(=O)=O. The van der Waals surface area contributed by atoms with Gasteiger partial charge in [0, 0.05) is 6.26 Å². The fourth-order valence-corrected chi connectivity index (χ4v) is 1.90. The monoisotopic (exact) mass is 200 g/mol. The van der Waals surface area contributed by atoms with Crippen LogP contribution in [0.15, 0.2) is 23.1 Å². The maximum Gasteiger partial charge on any atom is 0.179 e.